The van der Waals surface area contributed by atoms with Crippen LogP contribution in [0.2, 0.25) is 0 Å². The van der Waals surface area contributed by atoms with Gasteiger partial charge in [0.05, 0.1) is 12.8 Å². The molecule has 0 saturated carbocycles. The number of methoxy groups -OCH3 is 1. The Morgan fingerprint density at radius 1 is 1.07 bits per heavy atom. The molecule has 1 unspecified atom stereocenters. The monoisotopic (exact) mass is 365 g/mol. The highest BCUT2D eigenvalue weighted by molar-refractivity contribution is 6.07. The number of amides is 1. The first kappa shape index (κ1) is 17.5. The van der Waals surface area contributed by atoms with E-state index in [-0.39, 0.29) is 29.7 Å². The molecule has 4 rings (SSSR count). The molecule has 1 aliphatic heterocycles. The van der Waals surface area contributed by atoms with Crippen LogP contribution in [0.4, 0.5) is 10.1 Å². The van der Waals surface area contributed by atoms with E-state index < -0.39 is 5.82 Å². The van der Waals surface area contributed by atoms with Gasteiger partial charge in [0, 0.05) is 30.0 Å². The Kier molecular flexibility index (Phi) is 4.52. The molecule has 1 amide bonds. The molecule has 2 aliphatic rings. The molecule has 0 saturated heterocycles. The molecule has 1 aliphatic carbocycles. The summed E-state index contributed by atoms with van der Waals surface area (Å²) >= 11 is 0. The molecule has 0 N–H and O–H groups in total. The lowest BCUT2D eigenvalue weighted by Crippen LogP contribution is -2.41. The molecule has 5 heteroatoms. The summed E-state index contributed by atoms with van der Waals surface area (Å²) < 4.78 is 19.7. The fraction of sp³-hybridized carbons (Fsp3) is 0.273. The quantitative estimate of drug-likeness (QED) is 0.812. The summed E-state index contributed by atoms with van der Waals surface area (Å²) in [5, 5.41) is 0. The van der Waals surface area contributed by atoms with Crippen molar-refractivity contribution in [2.24, 2.45) is 0 Å². The predicted octanol–water partition coefficient (Wildman–Crippen LogP) is 4.36. The van der Waals surface area contributed by atoms with Crippen LogP contribution in [0.25, 0.3) is 0 Å². The minimum atomic E-state index is -0.462. The van der Waals surface area contributed by atoms with Gasteiger partial charge in [0.1, 0.15) is 11.6 Å². The number of benzene rings is 2. The number of halogens is 1. The summed E-state index contributed by atoms with van der Waals surface area (Å²) in [5.41, 5.74) is 2.37. The van der Waals surface area contributed by atoms with Crippen molar-refractivity contribution in [1.29, 1.82) is 0 Å². The number of rotatable bonds is 3. The van der Waals surface area contributed by atoms with Gasteiger partial charge in [0.2, 0.25) is 5.91 Å². The first-order valence-electron chi connectivity index (χ1n) is 9.08. The van der Waals surface area contributed by atoms with Crippen molar-refractivity contribution < 1.29 is 18.7 Å². The van der Waals surface area contributed by atoms with Gasteiger partial charge in [0.25, 0.3) is 0 Å². The standard InChI is InChI=1S/C22H20FNO3/c1-27-15-7-4-6-14(12-15)16-13-21(26)24(18-9-3-2-8-17(18)23)19-10-5-11-20(25)22(16)19/h2-4,6-9,12,16H,5,10-11,13H2,1H3. The summed E-state index contributed by atoms with van der Waals surface area (Å²) in [4.78, 5) is 27.3. The van der Waals surface area contributed by atoms with Gasteiger partial charge < -0.3 is 4.74 Å². The molecular weight excluding hydrogens is 345 g/mol. The van der Waals surface area contributed by atoms with Crippen LogP contribution < -0.4 is 9.64 Å². The number of ether oxygens (including phenoxy) is 1. The third kappa shape index (κ3) is 3.03. The lowest BCUT2D eigenvalue weighted by atomic mass is 9.77. The Morgan fingerprint density at radius 2 is 1.89 bits per heavy atom. The maximum absolute atomic E-state index is 14.4. The number of anilines is 1. The Morgan fingerprint density at radius 3 is 2.67 bits per heavy atom. The van der Waals surface area contributed by atoms with E-state index in [4.69, 9.17) is 4.74 Å². The van der Waals surface area contributed by atoms with E-state index >= 15 is 0 Å². The molecule has 0 bridgehead atoms. The van der Waals surface area contributed by atoms with Crippen LogP contribution in [0.3, 0.4) is 0 Å². The highest BCUT2D eigenvalue weighted by atomic mass is 19.1. The molecule has 0 fully saturated rings. The van der Waals surface area contributed by atoms with Crippen molar-refractivity contribution in [3.05, 3.63) is 71.2 Å². The van der Waals surface area contributed by atoms with E-state index in [1.807, 2.05) is 24.3 Å². The zero-order chi connectivity index (χ0) is 19.0. The lowest BCUT2D eigenvalue weighted by molar-refractivity contribution is -0.120. The fourth-order valence-corrected chi connectivity index (χ4v) is 4.05. The van der Waals surface area contributed by atoms with Crippen LogP contribution in [0.5, 0.6) is 5.75 Å². The summed E-state index contributed by atoms with van der Waals surface area (Å²) in [6, 6.07) is 13.7. The predicted molar refractivity (Wildman–Crippen MR) is 100 cm³/mol. The molecule has 1 heterocycles. The van der Waals surface area contributed by atoms with Crippen LogP contribution >= 0.6 is 0 Å². The Balaban J connectivity index is 1.87. The van der Waals surface area contributed by atoms with Crippen LogP contribution in [0.1, 0.15) is 37.2 Å². The largest absolute Gasteiger partial charge is 0.497 e. The van der Waals surface area contributed by atoms with E-state index in [2.05, 4.69) is 0 Å². The van der Waals surface area contributed by atoms with Crippen molar-refractivity contribution in [1.82, 2.24) is 0 Å². The van der Waals surface area contributed by atoms with Crippen molar-refractivity contribution in [3.63, 3.8) is 0 Å². The SMILES string of the molecule is COc1cccc(C2CC(=O)N(c3ccccc3F)C3=C2C(=O)CCC3)c1. The second-order valence-corrected chi connectivity index (χ2v) is 6.85. The van der Waals surface area contributed by atoms with Crippen LogP contribution in [-0.4, -0.2) is 18.8 Å². The highest BCUT2D eigenvalue weighted by Gasteiger charge is 2.40. The first-order valence-corrected chi connectivity index (χ1v) is 9.08. The Bertz CT molecular complexity index is 950. The number of hydrogen-bond donors (Lipinski definition) is 0. The minimum Gasteiger partial charge on any atom is -0.497 e. The normalized spacial score (nSPS) is 19.9. The third-order valence-electron chi connectivity index (χ3n) is 5.26. The van der Waals surface area contributed by atoms with Crippen molar-refractivity contribution >= 4 is 17.4 Å². The fourth-order valence-electron chi connectivity index (χ4n) is 4.05. The minimum absolute atomic E-state index is 0.0397. The van der Waals surface area contributed by atoms with Gasteiger partial charge in [-0.15, -0.1) is 0 Å². The second-order valence-electron chi connectivity index (χ2n) is 6.85. The molecule has 2 aromatic carbocycles. The second kappa shape index (κ2) is 6.99. The maximum atomic E-state index is 14.4. The smallest absolute Gasteiger partial charge is 0.232 e. The molecule has 0 aromatic heterocycles. The van der Waals surface area contributed by atoms with Gasteiger partial charge in [-0.2, -0.15) is 0 Å². The summed E-state index contributed by atoms with van der Waals surface area (Å²) in [5.74, 6) is -0.254. The zero-order valence-corrected chi connectivity index (χ0v) is 15.1. The number of Topliss-reactive ketones (excluding diaryl/α,β-unsaturated/α-hetero) is 1. The molecule has 4 nitrogen and oxygen atoms in total. The average Bonchev–Trinajstić information content (AvgIpc) is 2.68. The molecule has 27 heavy (non-hydrogen) atoms. The maximum Gasteiger partial charge on any atom is 0.232 e. The Labute approximate surface area is 157 Å². The van der Waals surface area contributed by atoms with Gasteiger partial charge in [0.15, 0.2) is 5.78 Å². The summed E-state index contributed by atoms with van der Waals surface area (Å²) in [6.45, 7) is 0. The number of ketones is 1. The Hall–Kier alpha value is -2.95. The number of carbonyl (C=O) groups is 2. The first-order chi connectivity index (χ1) is 13.1. The highest BCUT2D eigenvalue weighted by Crippen LogP contribution is 2.44. The molecule has 2 aromatic rings. The molecule has 138 valence electrons. The number of hydrogen-bond acceptors (Lipinski definition) is 3. The number of nitrogens with zero attached hydrogens (tertiary/aromatic N) is 1. The number of allylic oxidation sites excluding steroid dienone is 2. The van der Waals surface area contributed by atoms with E-state index in [1.165, 1.54) is 11.0 Å². The van der Waals surface area contributed by atoms with E-state index in [0.717, 1.165) is 5.56 Å². The van der Waals surface area contributed by atoms with Gasteiger partial charge in [-0.05, 0) is 42.7 Å². The van der Waals surface area contributed by atoms with E-state index in [0.29, 0.717) is 36.3 Å². The van der Waals surface area contributed by atoms with Crippen LogP contribution in [-0.2, 0) is 9.59 Å². The number of para-hydroxylation sites is 1. The zero-order valence-electron chi connectivity index (χ0n) is 15.1. The van der Waals surface area contributed by atoms with Gasteiger partial charge >= 0.3 is 0 Å². The van der Waals surface area contributed by atoms with Crippen LogP contribution in [0, 0.1) is 5.82 Å². The van der Waals surface area contributed by atoms with Gasteiger partial charge in [-0.1, -0.05) is 24.3 Å². The van der Waals surface area contributed by atoms with Crippen LogP contribution in [0.15, 0.2) is 59.8 Å². The summed E-state index contributed by atoms with van der Waals surface area (Å²) in [6.07, 6.45) is 1.84. The van der Waals surface area contributed by atoms with E-state index in [9.17, 15) is 14.0 Å². The summed E-state index contributed by atoms with van der Waals surface area (Å²) in [7, 11) is 1.58. The molecular formula is C22H20FNO3. The van der Waals surface area contributed by atoms with Crippen molar-refractivity contribution in [2.75, 3.05) is 12.0 Å². The topological polar surface area (TPSA) is 46.6 Å². The third-order valence-corrected chi connectivity index (χ3v) is 5.26. The molecule has 0 spiro atoms. The average molecular weight is 365 g/mol. The molecule has 0 radical (unpaired) electrons. The molecule has 1 atom stereocenters. The van der Waals surface area contributed by atoms with E-state index in [1.54, 1.807) is 25.3 Å². The van der Waals surface area contributed by atoms with Gasteiger partial charge in [-0.3, -0.25) is 14.5 Å². The van der Waals surface area contributed by atoms with Crippen molar-refractivity contribution in [2.45, 2.75) is 31.6 Å². The number of carbonyl (C=O) groups excluding carboxylic acids is 2. The lowest BCUT2D eigenvalue weighted by Gasteiger charge is -2.38. The van der Waals surface area contributed by atoms with Gasteiger partial charge in [-0.25, -0.2) is 4.39 Å². The van der Waals surface area contributed by atoms with Crippen molar-refractivity contribution in [3.8, 4) is 5.75 Å².